The maximum atomic E-state index is 13.2. The highest BCUT2D eigenvalue weighted by atomic mass is 19.1. The Labute approximate surface area is 153 Å². The first-order valence-electron chi connectivity index (χ1n) is 8.61. The van der Waals surface area contributed by atoms with Crippen LogP contribution in [0.15, 0.2) is 35.3 Å². The molecule has 0 saturated carbocycles. The van der Waals surface area contributed by atoms with Crippen LogP contribution >= 0.6 is 0 Å². The van der Waals surface area contributed by atoms with Crippen molar-refractivity contribution in [2.45, 2.75) is 13.5 Å². The molecule has 1 aliphatic rings. The molecular formula is C18H18FN5O3. The highest BCUT2D eigenvalue weighted by molar-refractivity contribution is 5.82. The Bertz CT molecular complexity index is 1050. The van der Waals surface area contributed by atoms with Crippen LogP contribution in [0.3, 0.4) is 0 Å². The van der Waals surface area contributed by atoms with Crippen LogP contribution < -0.4 is 5.56 Å². The second-order valence-corrected chi connectivity index (χ2v) is 6.34. The Hall–Kier alpha value is -3.07. The number of fused-ring (bicyclic) bond motifs is 1. The zero-order chi connectivity index (χ0) is 19.0. The molecule has 1 aliphatic heterocycles. The highest BCUT2D eigenvalue weighted by Gasteiger charge is 2.20. The molecule has 0 unspecified atom stereocenters. The molecule has 1 aromatic carbocycles. The third-order valence-electron chi connectivity index (χ3n) is 4.59. The number of aromatic nitrogens is 4. The van der Waals surface area contributed by atoms with Gasteiger partial charge in [-0.15, -0.1) is 0 Å². The van der Waals surface area contributed by atoms with E-state index in [1.54, 1.807) is 30.2 Å². The van der Waals surface area contributed by atoms with E-state index in [-0.39, 0.29) is 18.3 Å². The van der Waals surface area contributed by atoms with E-state index < -0.39 is 5.56 Å². The molecular weight excluding hydrogens is 353 g/mol. The summed E-state index contributed by atoms with van der Waals surface area (Å²) in [5, 5.41) is 9.12. The number of hydrogen-bond donors (Lipinski definition) is 0. The van der Waals surface area contributed by atoms with E-state index in [1.807, 2.05) is 0 Å². The third-order valence-corrected chi connectivity index (χ3v) is 4.59. The van der Waals surface area contributed by atoms with E-state index in [1.165, 1.54) is 16.8 Å². The molecule has 3 heterocycles. The number of benzene rings is 1. The van der Waals surface area contributed by atoms with Crippen LogP contribution in [-0.2, 0) is 16.1 Å². The van der Waals surface area contributed by atoms with Crippen LogP contribution in [0.25, 0.3) is 16.6 Å². The van der Waals surface area contributed by atoms with E-state index >= 15 is 0 Å². The molecule has 1 saturated heterocycles. The summed E-state index contributed by atoms with van der Waals surface area (Å²) >= 11 is 0. The largest absolute Gasteiger partial charge is 0.378 e. The average molecular weight is 371 g/mol. The standard InChI is InChI=1S/C18H18FN5O3/c1-12-15-10-20-24(14-4-2-13(19)3-5-14)17(15)18(26)23(21-12)11-16(25)22-6-8-27-9-7-22/h2-5,10H,6-9,11H2,1H3. The number of hydrogen-bond acceptors (Lipinski definition) is 5. The zero-order valence-electron chi connectivity index (χ0n) is 14.8. The highest BCUT2D eigenvalue weighted by Crippen LogP contribution is 2.17. The van der Waals surface area contributed by atoms with Crippen molar-refractivity contribution in [1.29, 1.82) is 0 Å². The van der Waals surface area contributed by atoms with Crippen molar-refractivity contribution in [3.8, 4) is 5.69 Å². The first-order chi connectivity index (χ1) is 13.0. The van der Waals surface area contributed by atoms with Gasteiger partial charge in [0.05, 0.1) is 30.8 Å². The van der Waals surface area contributed by atoms with Crippen molar-refractivity contribution in [2.75, 3.05) is 26.3 Å². The predicted molar refractivity (Wildman–Crippen MR) is 95.2 cm³/mol. The van der Waals surface area contributed by atoms with Gasteiger partial charge in [0.2, 0.25) is 5.91 Å². The molecule has 9 heteroatoms. The van der Waals surface area contributed by atoms with Gasteiger partial charge in [-0.05, 0) is 31.2 Å². The van der Waals surface area contributed by atoms with Gasteiger partial charge in [-0.3, -0.25) is 9.59 Å². The monoisotopic (exact) mass is 371 g/mol. The molecule has 0 spiro atoms. The average Bonchev–Trinajstić information content (AvgIpc) is 3.13. The molecule has 0 atom stereocenters. The van der Waals surface area contributed by atoms with Gasteiger partial charge in [0.1, 0.15) is 17.9 Å². The molecule has 0 aliphatic carbocycles. The minimum atomic E-state index is -0.418. The quantitative estimate of drug-likeness (QED) is 0.683. The van der Waals surface area contributed by atoms with Gasteiger partial charge in [-0.1, -0.05) is 0 Å². The van der Waals surface area contributed by atoms with Crippen molar-refractivity contribution < 1.29 is 13.9 Å². The molecule has 4 rings (SSSR count). The molecule has 27 heavy (non-hydrogen) atoms. The Balaban J connectivity index is 1.75. The van der Waals surface area contributed by atoms with Crippen molar-refractivity contribution >= 4 is 16.8 Å². The number of nitrogens with zero attached hydrogens (tertiary/aromatic N) is 5. The first-order valence-corrected chi connectivity index (χ1v) is 8.61. The molecule has 1 fully saturated rings. The summed E-state index contributed by atoms with van der Waals surface area (Å²) in [6.45, 7) is 3.59. The summed E-state index contributed by atoms with van der Waals surface area (Å²) in [6, 6.07) is 5.69. The Morgan fingerprint density at radius 2 is 1.93 bits per heavy atom. The summed E-state index contributed by atoms with van der Waals surface area (Å²) in [7, 11) is 0. The van der Waals surface area contributed by atoms with E-state index in [9.17, 15) is 14.0 Å². The van der Waals surface area contributed by atoms with Gasteiger partial charge in [-0.25, -0.2) is 13.8 Å². The van der Waals surface area contributed by atoms with Crippen LogP contribution in [0, 0.1) is 12.7 Å². The SMILES string of the molecule is Cc1nn(CC(=O)N2CCOCC2)c(=O)c2c1cnn2-c1ccc(F)cc1. The Morgan fingerprint density at radius 3 is 2.63 bits per heavy atom. The van der Waals surface area contributed by atoms with E-state index in [4.69, 9.17) is 4.74 Å². The van der Waals surface area contributed by atoms with Gasteiger partial charge in [0, 0.05) is 18.5 Å². The second kappa shape index (κ2) is 6.92. The normalized spacial score (nSPS) is 14.7. The number of carbonyl (C=O) groups is 1. The Kier molecular flexibility index (Phi) is 4.44. The fourth-order valence-electron chi connectivity index (χ4n) is 3.15. The summed E-state index contributed by atoms with van der Waals surface area (Å²) in [6.07, 6.45) is 1.55. The van der Waals surface area contributed by atoms with E-state index in [0.29, 0.717) is 48.6 Å². The van der Waals surface area contributed by atoms with Crippen molar-refractivity contribution in [3.05, 3.63) is 52.3 Å². The Morgan fingerprint density at radius 1 is 1.22 bits per heavy atom. The van der Waals surface area contributed by atoms with Gasteiger partial charge in [-0.2, -0.15) is 10.2 Å². The number of aryl methyl sites for hydroxylation is 1. The molecule has 2 aromatic heterocycles. The maximum Gasteiger partial charge on any atom is 0.293 e. The first kappa shape index (κ1) is 17.3. The molecule has 0 radical (unpaired) electrons. The summed E-state index contributed by atoms with van der Waals surface area (Å²) in [5.74, 6) is -0.555. The minimum Gasteiger partial charge on any atom is -0.378 e. The van der Waals surface area contributed by atoms with Gasteiger partial charge < -0.3 is 9.64 Å². The summed E-state index contributed by atoms with van der Waals surface area (Å²) in [5.41, 5.74) is 1.04. The number of morpholine rings is 1. The summed E-state index contributed by atoms with van der Waals surface area (Å²) < 4.78 is 21.1. The third kappa shape index (κ3) is 3.21. The number of rotatable bonds is 3. The van der Waals surface area contributed by atoms with Crippen LogP contribution in [-0.4, -0.2) is 56.7 Å². The number of ether oxygens (including phenoxy) is 1. The molecule has 8 nitrogen and oxygen atoms in total. The fourth-order valence-corrected chi connectivity index (χ4v) is 3.15. The van der Waals surface area contributed by atoms with Crippen molar-refractivity contribution in [3.63, 3.8) is 0 Å². The second-order valence-electron chi connectivity index (χ2n) is 6.34. The van der Waals surface area contributed by atoms with Crippen LogP contribution in [0.1, 0.15) is 5.69 Å². The zero-order valence-corrected chi connectivity index (χ0v) is 14.8. The molecule has 0 bridgehead atoms. The molecule has 3 aromatic rings. The molecule has 140 valence electrons. The smallest absolute Gasteiger partial charge is 0.293 e. The van der Waals surface area contributed by atoms with E-state index in [0.717, 1.165) is 4.68 Å². The fraction of sp³-hybridized carbons (Fsp3) is 0.333. The molecule has 1 amide bonds. The van der Waals surface area contributed by atoms with Crippen molar-refractivity contribution in [1.82, 2.24) is 24.5 Å². The lowest BCUT2D eigenvalue weighted by atomic mass is 10.2. The number of carbonyl (C=O) groups excluding carboxylic acids is 1. The summed E-state index contributed by atoms with van der Waals surface area (Å²) in [4.78, 5) is 27.2. The van der Waals surface area contributed by atoms with Gasteiger partial charge in [0.25, 0.3) is 5.56 Å². The van der Waals surface area contributed by atoms with Crippen LogP contribution in [0.2, 0.25) is 0 Å². The predicted octanol–water partition coefficient (Wildman–Crippen LogP) is 0.889. The topological polar surface area (TPSA) is 82.2 Å². The van der Waals surface area contributed by atoms with Gasteiger partial charge in [0.15, 0.2) is 0 Å². The van der Waals surface area contributed by atoms with Gasteiger partial charge >= 0.3 is 0 Å². The minimum absolute atomic E-state index is 0.149. The lowest BCUT2D eigenvalue weighted by molar-refractivity contribution is -0.136. The lowest BCUT2D eigenvalue weighted by Gasteiger charge is -2.26. The van der Waals surface area contributed by atoms with Crippen molar-refractivity contribution in [2.24, 2.45) is 0 Å². The number of halogens is 1. The maximum absolute atomic E-state index is 13.2. The lowest BCUT2D eigenvalue weighted by Crippen LogP contribution is -2.44. The van der Waals surface area contributed by atoms with E-state index in [2.05, 4.69) is 10.2 Å². The number of amides is 1. The molecule has 0 N–H and O–H groups in total. The van der Waals surface area contributed by atoms with Crippen LogP contribution in [0.5, 0.6) is 0 Å². The van der Waals surface area contributed by atoms with Crippen LogP contribution in [0.4, 0.5) is 4.39 Å².